The molecule has 0 aliphatic carbocycles. The fraction of sp³-hybridized carbons (Fsp3) is 0.312. The molecule has 0 saturated heterocycles. The Bertz CT molecular complexity index is 691. The second-order valence-corrected chi connectivity index (χ2v) is 5.65. The molecule has 0 saturated carbocycles. The largest absolute Gasteiger partial charge is 0.383 e. The van der Waals surface area contributed by atoms with E-state index < -0.39 is 0 Å². The number of ether oxygens (including phenoxy) is 1. The summed E-state index contributed by atoms with van der Waals surface area (Å²) in [6.07, 6.45) is 3.74. The zero-order valence-corrected chi connectivity index (χ0v) is 13.9. The van der Waals surface area contributed by atoms with Crippen molar-refractivity contribution in [3.05, 3.63) is 46.2 Å². The van der Waals surface area contributed by atoms with E-state index in [1.165, 1.54) is 0 Å². The van der Waals surface area contributed by atoms with Crippen molar-refractivity contribution in [1.82, 2.24) is 9.88 Å². The molecule has 1 heterocycles. The van der Waals surface area contributed by atoms with Crippen LogP contribution in [0.5, 0.6) is 0 Å². The molecule has 0 amide bonds. The zero-order valence-electron chi connectivity index (χ0n) is 12.4. The van der Waals surface area contributed by atoms with Crippen LogP contribution in [-0.4, -0.2) is 24.8 Å². The summed E-state index contributed by atoms with van der Waals surface area (Å²) in [5.74, 6) is 0. The van der Waals surface area contributed by atoms with E-state index in [1.807, 2.05) is 29.8 Å². The number of hydrogen-bond donors (Lipinski definition) is 1. The first-order valence-corrected chi connectivity index (χ1v) is 7.62. The van der Waals surface area contributed by atoms with Gasteiger partial charge in [-0.1, -0.05) is 35.3 Å². The highest BCUT2D eigenvalue weighted by Crippen LogP contribution is 2.35. The first kappa shape index (κ1) is 16.9. The van der Waals surface area contributed by atoms with Crippen LogP contribution in [0, 0.1) is 11.3 Å². The van der Waals surface area contributed by atoms with Gasteiger partial charge in [0.1, 0.15) is 6.07 Å². The van der Waals surface area contributed by atoms with Crippen LogP contribution in [-0.2, 0) is 4.74 Å². The van der Waals surface area contributed by atoms with Crippen LogP contribution in [0.25, 0.3) is 11.1 Å². The molecule has 116 valence electrons. The maximum atomic E-state index is 9.37. The zero-order chi connectivity index (χ0) is 16.1. The van der Waals surface area contributed by atoms with Gasteiger partial charge in [-0.2, -0.15) is 5.26 Å². The van der Waals surface area contributed by atoms with E-state index in [2.05, 4.69) is 11.4 Å². The normalized spacial score (nSPS) is 12.1. The van der Waals surface area contributed by atoms with E-state index in [1.54, 1.807) is 19.4 Å². The molecule has 4 nitrogen and oxygen atoms in total. The SMILES string of the molecule is COCCNC(C)n1cc(C#N)c(-c2cccc(Cl)c2Cl)c1. The number of nitrogens with one attached hydrogen (secondary N) is 1. The topological polar surface area (TPSA) is 50.0 Å². The molecule has 2 aromatic rings. The van der Waals surface area contributed by atoms with Gasteiger partial charge in [0.2, 0.25) is 0 Å². The van der Waals surface area contributed by atoms with Crippen LogP contribution < -0.4 is 5.32 Å². The minimum atomic E-state index is 0.0361. The van der Waals surface area contributed by atoms with Crippen LogP contribution in [0.1, 0.15) is 18.7 Å². The van der Waals surface area contributed by atoms with Gasteiger partial charge in [-0.15, -0.1) is 0 Å². The summed E-state index contributed by atoms with van der Waals surface area (Å²) in [6, 6.07) is 7.62. The standard InChI is InChI=1S/C16H17Cl2N3O/c1-11(20-6-7-22-2)21-9-12(8-19)14(10-21)13-4-3-5-15(17)16(13)18/h3-5,9-11,20H,6-7H2,1-2H3. The third-order valence-electron chi connectivity index (χ3n) is 3.40. The molecule has 6 heteroatoms. The lowest BCUT2D eigenvalue weighted by Crippen LogP contribution is -2.26. The van der Waals surface area contributed by atoms with E-state index in [4.69, 9.17) is 27.9 Å². The number of nitrogens with zero attached hydrogens (tertiary/aromatic N) is 2. The molecule has 2 rings (SSSR count). The van der Waals surface area contributed by atoms with Crippen molar-refractivity contribution < 1.29 is 4.74 Å². The highest BCUT2D eigenvalue weighted by atomic mass is 35.5. The lowest BCUT2D eigenvalue weighted by molar-refractivity contribution is 0.192. The Hall–Kier alpha value is -1.51. The smallest absolute Gasteiger partial charge is 0.101 e. The van der Waals surface area contributed by atoms with Crippen LogP contribution in [0.15, 0.2) is 30.6 Å². The summed E-state index contributed by atoms with van der Waals surface area (Å²) in [5, 5.41) is 13.6. The van der Waals surface area contributed by atoms with Gasteiger partial charge in [0.05, 0.1) is 28.4 Å². The van der Waals surface area contributed by atoms with Crippen LogP contribution in [0.2, 0.25) is 10.0 Å². The van der Waals surface area contributed by atoms with Gasteiger partial charge < -0.3 is 9.30 Å². The Morgan fingerprint density at radius 2 is 2.09 bits per heavy atom. The number of nitriles is 1. The number of hydrogen-bond acceptors (Lipinski definition) is 3. The maximum Gasteiger partial charge on any atom is 0.101 e. The summed E-state index contributed by atoms with van der Waals surface area (Å²) in [4.78, 5) is 0. The predicted molar refractivity (Wildman–Crippen MR) is 89.2 cm³/mol. The summed E-state index contributed by atoms with van der Waals surface area (Å²) in [5.41, 5.74) is 2.09. The van der Waals surface area contributed by atoms with Crippen LogP contribution >= 0.6 is 23.2 Å². The molecule has 1 aromatic heterocycles. The molecule has 1 aromatic carbocycles. The minimum Gasteiger partial charge on any atom is -0.383 e. The summed E-state index contributed by atoms with van der Waals surface area (Å²) in [7, 11) is 1.66. The second kappa shape index (κ2) is 7.66. The number of halogens is 2. The molecule has 1 atom stereocenters. The second-order valence-electron chi connectivity index (χ2n) is 4.87. The Morgan fingerprint density at radius 3 is 2.77 bits per heavy atom. The van der Waals surface area contributed by atoms with Gasteiger partial charge >= 0.3 is 0 Å². The fourth-order valence-electron chi connectivity index (χ4n) is 2.19. The number of methoxy groups -OCH3 is 1. The first-order chi connectivity index (χ1) is 10.6. The Balaban J connectivity index is 2.33. The molecule has 22 heavy (non-hydrogen) atoms. The van der Waals surface area contributed by atoms with Gasteiger partial charge in [-0.25, -0.2) is 0 Å². The average molecular weight is 338 g/mol. The third kappa shape index (κ3) is 3.63. The molecular formula is C16H17Cl2N3O. The van der Waals surface area contributed by atoms with Crippen molar-refractivity contribution in [2.75, 3.05) is 20.3 Å². The van der Waals surface area contributed by atoms with E-state index in [-0.39, 0.29) is 6.17 Å². The van der Waals surface area contributed by atoms with Crippen LogP contribution in [0.4, 0.5) is 0 Å². The highest BCUT2D eigenvalue weighted by molar-refractivity contribution is 6.43. The van der Waals surface area contributed by atoms with Gasteiger partial charge in [-0.3, -0.25) is 5.32 Å². The monoisotopic (exact) mass is 337 g/mol. The van der Waals surface area contributed by atoms with E-state index in [9.17, 15) is 5.26 Å². The van der Waals surface area contributed by atoms with Gasteiger partial charge in [-0.05, 0) is 13.0 Å². The van der Waals surface area contributed by atoms with E-state index >= 15 is 0 Å². The van der Waals surface area contributed by atoms with E-state index in [0.29, 0.717) is 22.2 Å². The van der Waals surface area contributed by atoms with Crippen LogP contribution in [0.3, 0.4) is 0 Å². The lowest BCUT2D eigenvalue weighted by atomic mass is 10.1. The fourth-order valence-corrected chi connectivity index (χ4v) is 2.59. The summed E-state index contributed by atoms with van der Waals surface area (Å²) < 4.78 is 6.97. The lowest BCUT2D eigenvalue weighted by Gasteiger charge is -2.15. The molecule has 0 fully saturated rings. The molecule has 1 unspecified atom stereocenters. The molecule has 0 radical (unpaired) electrons. The van der Waals surface area contributed by atoms with Crippen molar-refractivity contribution in [3.63, 3.8) is 0 Å². The Morgan fingerprint density at radius 1 is 1.32 bits per heavy atom. The van der Waals surface area contributed by atoms with Crippen molar-refractivity contribution in [1.29, 1.82) is 5.26 Å². The molecule has 0 aliphatic rings. The van der Waals surface area contributed by atoms with Gasteiger partial charge in [0, 0.05) is 37.2 Å². The molecule has 0 spiro atoms. The highest BCUT2D eigenvalue weighted by Gasteiger charge is 2.15. The van der Waals surface area contributed by atoms with Crippen molar-refractivity contribution in [3.8, 4) is 17.2 Å². The van der Waals surface area contributed by atoms with E-state index in [0.717, 1.165) is 17.7 Å². The molecule has 0 aliphatic heterocycles. The molecule has 1 N–H and O–H groups in total. The predicted octanol–water partition coefficient (Wildman–Crippen LogP) is 4.09. The third-order valence-corrected chi connectivity index (χ3v) is 4.22. The maximum absolute atomic E-state index is 9.37. The number of benzene rings is 1. The molecular weight excluding hydrogens is 321 g/mol. The van der Waals surface area contributed by atoms with Crippen molar-refractivity contribution in [2.24, 2.45) is 0 Å². The quantitative estimate of drug-likeness (QED) is 0.807. The van der Waals surface area contributed by atoms with Gasteiger partial charge in [0.15, 0.2) is 0 Å². The van der Waals surface area contributed by atoms with Crippen molar-refractivity contribution >= 4 is 23.2 Å². The minimum absolute atomic E-state index is 0.0361. The van der Waals surface area contributed by atoms with Gasteiger partial charge in [0.25, 0.3) is 0 Å². The summed E-state index contributed by atoms with van der Waals surface area (Å²) in [6.45, 7) is 3.37. The summed E-state index contributed by atoms with van der Waals surface area (Å²) >= 11 is 12.3. The first-order valence-electron chi connectivity index (χ1n) is 6.86. The average Bonchev–Trinajstić information content (AvgIpc) is 2.94. The number of rotatable bonds is 6. The Labute approximate surface area is 140 Å². The Kier molecular flexibility index (Phi) is 5.87. The number of aromatic nitrogens is 1. The van der Waals surface area contributed by atoms with Crippen molar-refractivity contribution in [2.45, 2.75) is 13.1 Å². The molecule has 0 bridgehead atoms.